The van der Waals surface area contributed by atoms with Crippen LogP contribution in [0.1, 0.15) is 19.8 Å². The summed E-state index contributed by atoms with van der Waals surface area (Å²) in [6.45, 7) is 4.90. The molecule has 0 amide bonds. The van der Waals surface area contributed by atoms with Gasteiger partial charge in [-0.2, -0.15) is 4.31 Å². The molecule has 8 heteroatoms. The second-order valence-electron chi connectivity index (χ2n) is 5.45. The number of nitrogens with zero attached hydrogens (tertiary/aromatic N) is 1. The second-order valence-corrected chi connectivity index (χ2v) is 7.39. The van der Waals surface area contributed by atoms with Crippen LogP contribution in [0, 0.1) is 11.7 Å². The summed E-state index contributed by atoms with van der Waals surface area (Å²) in [6, 6.07) is 3.66. The Hall–Kier alpha value is -0.890. The zero-order chi connectivity index (χ0) is 16.2. The number of piperidine rings is 1. The van der Waals surface area contributed by atoms with E-state index in [1.165, 1.54) is 23.5 Å². The van der Waals surface area contributed by atoms with Gasteiger partial charge in [-0.1, -0.05) is 6.92 Å². The molecule has 0 aliphatic carbocycles. The molecular formula is C15H24ClFN2O3S. The number of nitrogens with one attached hydrogen (secondary N) is 1. The summed E-state index contributed by atoms with van der Waals surface area (Å²) < 4.78 is 45.0. The molecule has 0 aromatic heterocycles. The summed E-state index contributed by atoms with van der Waals surface area (Å²) in [7, 11) is -2.27. The minimum Gasteiger partial charge on any atom is -0.494 e. The van der Waals surface area contributed by atoms with Crippen LogP contribution >= 0.6 is 12.4 Å². The molecule has 0 bridgehead atoms. The summed E-state index contributed by atoms with van der Waals surface area (Å²) in [6.07, 6.45) is 1.68. The van der Waals surface area contributed by atoms with E-state index in [-0.39, 0.29) is 23.1 Å². The predicted octanol–water partition coefficient (Wildman–Crippen LogP) is 2.27. The first kappa shape index (κ1) is 20.2. The van der Waals surface area contributed by atoms with E-state index in [0.29, 0.717) is 19.0 Å². The monoisotopic (exact) mass is 366 g/mol. The minimum atomic E-state index is -3.59. The maximum atomic E-state index is 13.4. The highest BCUT2D eigenvalue weighted by molar-refractivity contribution is 7.89. The van der Waals surface area contributed by atoms with Crippen LogP contribution in [0.4, 0.5) is 4.39 Å². The van der Waals surface area contributed by atoms with E-state index in [0.717, 1.165) is 32.0 Å². The fraction of sp³-hybridized carbons (Fsp3) is 0.600. The number of halogens is 2. The Morgan fingerprint density at radius 3 is 2.57 bits per heavy atom. The van der Waals surface area contributed by atoms with Crippen molar-refractivity contribution >= 4 is 22.4 Å². The van der Waals surface area contributed by atoms with Crippen LogP contribution < -0.4 is 10.1 Å². The van der Waals surface area contributed by atoms with Crippen LogP contribution in [0.2, 0.25) is 0 Å². The van der Waals surface area contributed by atoms with Gasteiger partial charge in [-0.3, -0.25) is 0 Å². The largest absolute Gasteiger partial charge is 0.494 e. The van der Waals surface area contributed by atoms with E-state index in [1.807, 2.05) is 0 Å². The van der Waals surface area contributed by atoms with Crippen LogP contribution in [-0.4, -0.2) is 46.0 Å². The van der Waals surface area contributed by atoms with E-state index in [2.05, 4.69) is 12.2 Å². The van der Waals surface area contributed by atoms with E-state index < -0.39 is 15.8 Å². The predicted molar refractivity (Wildman–Crippen MR) is 90.2 cm³/mol. The Labute approximate surface area is 143 Å². The molecule has 23 heavy (non-hydrogen) atoms. The van der Waals surface area contributed by atoms with Gasteiger partial charge in [0.1, 0.15) is 0 Å². The maximum Gasteiger partial charge on any atom is 0.243 e. The molecule has 0 atom stereocenters. The second kappa shape index (κ2) is 8.82. The van der Waals surface area contributed by atoms with Crippen LogP contribution in [0.5, 0.6) is 5.75 Å². The number of methoxy groups -OCH3 is 1. The fourth-order valence-corrected chi connectivity index (χ4v) is 4.14. The van der Waals surface area contributed by atoms with Gasteiger partial charge in [0.25, 0.3) is 0 Å². The van der Waals surface area contributed by atoms with Crippen molar-refractivity contribution in [1.82, 2.24) is 9.62 Å². The zero-order valence-electron chi connectivity index (χ0n) is 13.4. The van der Waals surface area contributed by atoms with E-state index in [1.54, 1.807) is 0 Å². The Balaban J connectivity index is 0.00000264. The van der Waals surface area contributed by atoms with Crippen molar-refractivity contribution in [3.63, 3.8) is 0 Å². The third kappa shape index (κ3) is 4.79. The van der Waals surface area contributed by atoms with Gasteiger partial charge in [0.15, 0.2) is 11.6 Å². The average Bonchev–Trinajstić information content (AvgIpc) is 2.53. The SMILES string of the molecule is CCNCC1CCN(S(=O)(=O)c2ccc(F)c(OC)c2)CC1.Cl. The average molecular weight is 367 g/mol. The molecular weight excluding hydrogens is 343 g/mol. The van der Waals surface area contributed by atoms with Crippen LogP contribution in [0.3, 0.4) is 0 Å². The van der Waals surface area contributed by atoms with Crippen molar-refractivity contribution in [2.45, 2.75) is 24.7 Å². The molecule has 1 aliphatic heterocycles. The van der Waals surface area contributed by atoms with Gasteiger partial charge in [-0.15, -0.1) is 12.4 Å². The van der Waals surface area contributed by atoms with Gasteiger partial charge in [-0.25, -0.2) is 12.8 Å². The first-order chi connectivity index (χ1) is 10.5. The maximum absolute atomic E-state index is 13.4. The molecule has 0 saturated carbocycles. The summed E-state index contributed by atoms with van der Waals surface area (Å²) in [5.41, 5.74) is 0. The Bertz CT molecular complexity index is 605. The van der Waals surface area contributed by atoms with Gasteiger partial charge < -0.3 is 10.1 Å². The summed E-state index contributed by atoms with van der Waals surface area (Å²) in [4.78, 5) is 0.0795. The quantitative estimate of drug-likeness (QED) is 0.839. The van der Waals surface area contributed by atoms with Crippen LogP contribution in [-0.2, 0) is 10.0 Å². The molecule has 5 nitrogen and oxygen atoms in total. The molecule has 0 radical (unpaired) electrons. The number of sulfonamides is 1. The molecule has 1 aromatic rings. The standard InChI is InChI=1S/C15H23FN2O3S.ClH/c1-3-17-11-12-6-8-18(9-7-12)22(19,20)13-4-5-14(16)15(10-13)21-2;/h4-5,10,12,17H,3,6-9,11H2,1-2H3;1H. The molecule has 2 rings (SSSR count). The van der Waals surface area contributed by atoms with Crippen molar-refractivity contribution in [2.24, 2.45) is 5.92 Å². The molecule has 1 aliphatic rings. The molecule has 0 spiro atoms. The highest BCUT2D eigenvalue weighted by Crippen LogP contribution is 2.27. The summed E-state index contributed by atoms with van der Waals surface area (Å²) in [5, 5.41) is 3.30. The summed E-state index contributed by atoms with van der Waals surface area (Å²) >= 11 is 0. The number of rotatable bonds is 6. The molecule has 1 saturated heterocycles. The Morgan fingerprint density at radius 1 is 1.35 bits per heavy atom. The Morgan fingerprint density at radius 2 is 2.00 bits per heavy atom. The van der Waals surface area contributed by atoms with Gasteiger partial charge in [0, 0.05) is 19.2 Å². The lowest BCUT2D eigenvalue weighted by atomic mass is 9.98. The lowest BCUT2D eigenvalue weighted by Crippen LogP contribution is -2.40. The lowest BCUT2D eigenvalue weighted by Gasteiger charge is -2.31. The molecule has 0 unspecified atom stereocenters. The number of hydrogen-bond donors (Lipinski definition) is 1. The molecule has 132 valence electrons. The number of benzene rings is 1. The van der Waals surface area contributed by atoms with E-state index in [9.17, 15) is 12.8 Å². The minimum absolute atomic E-state index is 0. The molecule has 1 heterocycles. The third-order valence-electron chi connectivity index (χ3n) is 4.02. The van der Waals surface area contributed by atoms with Crippen molar-refractivity contribution in [3.05, 3.63) is 24.0 Å². The van der Waals surface area contributed by atoms with Crippen molar-refractivity contribution in [3.8, 4) is 5.75 Å². The normalized spacial score (nSPS) is 16.8. The van der Waals surface area contributed by atoms with Gasteiger partial charge in [0.2, 0.25) is 10.0 Å². The Kier molecular flexibility index (Phi) is 7.73. The van der Waals surface area contributed by atoms with Crippen molar-refractivity contribution < 1.29 is 17.5 Å². The van der Waals surface area contributed by atoms with Crippen molar-refractivity contribution in [1.29, 1.82) is 0 Å². The highest BCUT2D eigenvalue weighted by atomic mass is 35.5. The zero-order valence-corrected chi connectivity index (χ0v) is 15.1. The number of ether oxygens (including phenoxy) is 1. The fourth-order valence-electron chi connectivity index (χ4n) is 2.65. The molecule has 1 N–H and O–H groups in total. The smallest absolute Gasteiger partial charge is 0.243 e. The molecule has 1 fully saturated rings. The van der Waals surface area contributed by atoms with Gasteiger partial charge >= 0.3 is 0 Å². The van der Waals surface area contributed by atoms with Crippen LogP contribution in [0.25, 0.3) is 0 Å². The molecule has 1 aromatic carbocycles. The number of hydrogen-bond acceptors (Lipinski definition) is 4. The lowest BCUT2D eigenvalue weighted by molar-refractivity contribution is 0.268. The van der Waals surface area contributed by atoms with E-state index in [4.69, 9.17) is 4.74 Å². The first-order valence-electron chi connectivity index (χ1n) is 7.53. The van der Waals surface area contributed by atoms with Gasteiger partial charge in [-0.05, 0) is 44.0 Å². The van der Waals surface area contributed by atoms with Gasteiger partial charge in [0.05, 0.1) is 12.0 Å². The summed E-state index contributed by atoms with van der Waals surface area (Å²) in [5.74, 6) is -0.108. The first-order valence-corrected chi connectivity index (χ1v) is 8.97. The third-order valence-corrected chi connectivity index (χ3v) is 5.91. The highest BCUT2D eigenvalue weighted by Gasteiger charge is 2.29. The van der Waals surface area contributed by atoms with Crippen LogP contribution in [0.15, 0.2) is 23.1 Å². The van der Waals surface area contributed by atoms with E-state index >= 15 is 0 Å². The van der Waals surface area contributed by atoms with Crippen molar-refractivity contribution in [2.75, 3.05) is 33.3 Å². The topological polar surface area (TPSA) is 58.6 Å².